The van der Waals surface area contributed by atoms with Gasteiger partial charge in [-0.1, -0.05) is 60.2 Å². The molecule has 1 fully saturated rings. The average Bonchev–Trinajstić information content (AvgIpc) is 3.41. The highest BCUT2D eigenvalue weighted by molar-refractivity contribution is 7.22. The minimum atomic E-state index is -1.03. The first-order valence-electron chi connectivity index (χ1n) is 11.6. The summed E-state index contributed by atoms with van der Waals surface area (Å²) in [6, 6.07) is 14.6. The van der Waals surface area contributed by atoms with E-state index in [4.69, 9.17) is 4.74 Å². The van der Waals surface area contributed by atoms with Crippen molar-refractivity contribution in [2.24, 2.45) is 0 Å². The van der Waals surface area contributed by atoms with Gasteiger partial charge in [-0.15, -0.1) is 0 Å². The molecule has 0 spiro atoms. The molecule has 188 valence electrons. The molecule has 3 aromatic carbocycles. The van der Waals surface area contributed by atoms with Gasteiger partial charge in [-0.2, -0.15) is 0 Å². The second-order valence-corrected chi connectivity index (χ2v) is 9.70. The minimum Gasteiger partial charge on any atom is -0.507 e. The number of anilines is 1. The van der Waals surface area contributed by atoms with Gasteiger partial charge < -0.3 is 9.84 Å². The van der Waals surface area contributed by atoms with Crippen LogP contribution in [0.25, 0.3) is 16.0 Å². The van der Waals surface area contributed by atoms with Crippen LogP contribution >= 0.6 is 11.3 Å². The summed E-state index contributed by atoms with van der Waals surface area (Å²) in [7, 11) is 0. The van der Waals surface area contributed by atoms with Crippen molar-refractivity contribution in [3.63, 3.8) is 0 Å². The summed E-state index contributed by atoms with van der Waals surface area (Å²) < 4.78 is 34.1. The van der Waals surface area contributed by atoms with E-state index in [0.717, 1.165) is 34.3 Å². The van der Waals surface area contributed by atoms with Gasteiger partial charge in [0.15, 0.2) is 10.9 Å². The number of halogens is 2. The molecular formula is C28H22F2N2O4S. The van der Waals surface area contributed by atoms with Crippen LogP contribution in [0.3, 0.4) is 0 Å². The smallest absolute Gasteiger partial charge is 0.301 e. The zero-order valence-corrected chi connectivity index (χ0v) is 20.8. The summed E-state index contributed by atoms with van der Waals surface area (Å²) in [5.41, 5.74) is 1.50. The molecule has 5 rings (SSSR count). The molecule has 37 heavy (non-hydrogen) atoms. The van der Waals surface area contributed by atoms with E-state index in [9.17, 15) is 23.5 Å². The van der Waals surface area contributed by atoms with Crippen molar-refractivity contribution in [2.75, 3.05) is 11.5 Å². The van der Waals surface area contributed by atoms with Gasteiger partial charge in [-0.05, 0) is 37.1 Å². The largest absolute Gasteiger partial charge is 0.507 e. The number of aryl methyl sites for hydroxylation is 1. The molecule has 0 radical (unpaired) electrons. The number of hydrogen-bond donors (Lipinski definition) is 1. The molecule has 0 saturated carbocycles. The Morgan fingerprint density at radius 1 is 1.11 bits per heavy atom. The number of nitrogens with zero attached hydrogens (tertiary/aromatic N) is 2. The highest BCUT2D eigenvalue weighted by Crippen LogP contribution is 2.45. The zero-order chi connectivity index (χ0) is 26.3. The molecule has 2 heterocycles. The third-order valence-electron chi connectivity index (χ3n) is 5.99. The van der Waals surface area contributed by atoms with E-state index in [1.54, 1.807) is 42.5 Å². The van der Waals surface area contributed by atoms with Crippen molar-refractivity contribution in [2.45, 2.75) is 26.3 Å². The Morgan fingerprint density at radius 2 is 1.89 bits per heavy atom. The van der Waals surface area contributed by atoms with E-state index in [1.165, 1.54) is 0 Å². The molecule has 1 unspecified atom stereocenters. The number of rotatable bonds is 6. The molecule has 1 saturated heterocycles. The topological polar surface area (TPSA) is 79.7 Å². The standard InChI is InChI=1S/C28H22F2N2O4S/c1-3-10-36-19-9-5-8-17(12-19)25(33)22-24(16-7-4-6-15(2)11-16)32(27(35)26(22)34)28-31-23-20(30)13-18(29)14-21(23)37-28/h4-9,11-14,24,33H,3,10H2,1-2H3/b25-22+. The van der Waals surface area contributed by atoms with Crippen molar-refractivity contribution in [1.82, 2.24) is 4.98 Å². The Hall–Kier alpha value is -4.11. The molecule has 0 bridgehead atoms. The fraction of sp³-hybridized carbons (Fsp3) is 0.179. The predicted octanol–water partition coefficient (Wildman–Crippen LogP) is 6.30. The lowest BCUT2D eigenvalue weighted by Gasteiger charge is -2.23. The van der Waals surface area contributed by atoms with Gasteiger partial charge in [0, 0.05) is 11.6 Å². The summed E-state index contributed by atoms with van der Waals surface area (Å²) in [4.78, 5) is 32.1. The van der Waals surface area contributed by atoms with E-state index in [2.05, 4.69) is 4.98 Å². The number of carbonyl (C=O) groups excluding carboxylic acids is 2. The summed E-state index contributed by atoms with van der Waals surface area (Å²) in [6.45, 7) is 4.31. The number of benzene rings is 3. The number of thiazole rings is 1. The van der Waals surface area contributed by atoms with Gasteiger partial charge >= 0.3 is 5.91 Å². The maximum absolute atomic E-state index is 14.4. The van der Waals surface area contributed by atoms with Gasteiger partial charge in [0.05, 0.1) is 22.9 Å². The number of aliphatic hydroxyl groups excluding tert-OH is 1. The maximum Gasteiger partial charge on any atom is 0.301 e. The Kier molecular flexibility index (Phi) is 6.47. The van der Waals surface area contributed by atoms with E-state index >= 15 is 0 Å². The quantitative estimate of drug-likeness (QED) is 0.183. The van der Waals surface area contributed by atoms with Gasteiger partial charge in [0.2, 0.25) is 0 Å². The number of aliphatic hydroxyl groups is 1. The summed E-state index contributed by atoms with van der Waals surface area (Å²) in [6.07, 6.45) is 0.793. The summed E-state index contributed by atoms with van der Waals surface area (Å²) in [5.74, 6) is -3.34. The van der Waals surface area contributed by atoms with E-state index < -0.39 is 29.4 Å². The number of fused-ring (bicyclic) bond motifs is 1. The molecular weight excluding hydrogens is 498 g/mol. The van der Waals surface area contributed by atoms with Crippen LogP contribution in [-0.4, -0.2) is 28.4 Å². The van der Waals surface area contributed by atoms with Gasteiger partial charge in [-0.3, -0.25) is 14.5 Å². The first-order chi connectivity index (χ1) is 17.8. The van der Waals surface area contributed by atoms with Crippen LogP contribution in [0.4, 0.5) is 13.9 Å². The van der Waals surface area contributed by atoms with Crippen LogP contribution in [0.5, 0.6) is 5.75 Å². The third-order valence-corrected chi connectivity index (χ3v) is 6.99. The first-order valence-corrected chi connectivity index (χ1v) is 12.5. The lowest BCUT2D eigenvalue weighted by atomic mass is 9.94. The SMILES string of the molecule is CCCOc1cccc(/C(O)=C2\C(=O)C(=O)N(c3nc4c(F)cc(F)cc4s3)C2c2cccc(C)c2)c1. The zero-order valence-electron chi connectivity index (χ0n) is 20.0. The van der Waals surface area contributed by atoms with Crippen molar-refractivity contribution in [1.29, 1.82) is 0 Å². The summed E-state index contributed by atoms with van der Waals surface area (Å²) in [5, 5.41) is 11.4. The van der Waals surface area contributed by atoms with Crippen molar-refractivity contribution in [3.8, 4) is 5.75 Å². The Labute approximate surface area is 215 Å². The molecule has 1 aliphatic rings. The van der Waals surface area contributed by atoms with Crippen LogP contribution in [0.15, 0.2) is 66.2 Å². The fourth-order valence-electron chi connectivity index (χ4n) is 4.34. The van der Waals surface area contributed by atoms with Crippen LogP contribution < -0.4 is 9.64 Å². The number of amides is 1. The van der Waals surface area contributed by atoms with Crippen LogP contribution in [-0.2, 0) is 9.59 Å². The second-order valence-electron chi connectivity index (χ2n) is 8.69. The normalized spacial score (nSPS) is 17.1. The Morgan fingerprint density at radius 3 is 2.65 bits per heavy atom. The number of ketones is 1. The Bertz CT molecular complexity index is 1580. The molecule has 1 amide bonds. The van der Waals surface area contributed by atoms with E-state index in [1.807, 2.05) is 19.9 Å². The molecule has 1 aliphatic heterocycles. The Balaban J connectivity index is 1.70. The average molecular weight is 521 g/mol. The van der Waals surface area contributed by atoms with Gasteiger partial charge in [0.1, 0.15) is 22.8 Å². The molecule has 1 aromatic heterocycles. The number of Topliss-reactive ketones (excluding diaryl/α,β-unsaturated/α-hetero) is 1. The number of hydrogen-bond acceptors (Lipinski definition) is 6. The summed E-state index contributed by atoms with van der Waals surface area (Å²) >= 11 is 0.890. The monoisotopic (exact) mass is 520 g/mol. The molecule has 1 N–H and O–H groups in total. The predicted molar refractivity (Wildman–Crippen MR) is 138 cm³/mol. The van der Waals surface area contributed by atoms with E-state index in [-0.39, 0.29) is 26.7 Å². The molecule has 6 nitrogen and oxygen atoms in total. The fourth-order valence-corrected chi connectivity index (χ4v) is 5.37. The van der Waals surface area contributed by atoms with Crippen LogP contribution in [0.2, 0.25) is 0 Å². The first kappa shape index (κ1) is 24.6. The van der Waals surface area contributed by atoms with Crippen molar-refractivity contribution < 1.29 is 28.2 Å². The molecule has 0 aliphatic carbocycles. The number of carbonyl (C=O) groups is 2. The minimum absolute atomic E-state index is 0.0205. The molecule has 9 heteroatoms. The third kappa shape index (κ3) is 4.46. The van der Waals surface area contributed by atoms with Gasteiger partial charge in [-0.25, -0.2) is 13.8 Å². The lowest BCUT2D eigenvalue weighted by molar-refractivity contribution is -0.132. The van der Waals surface area contributed by atoms with Gasteiger partial charge in [0.25, 0.3) is 5.78 Å². The number of ether oxygens (including phenoxy) is 1. The van der Waals surface area contributed by atoms with Crippen molar-refractivity contribution in [3.05, 3.63) is 94.6 Å². The second kappa shape index (κ2) is 9.74. The van der Waals surface area contributed by atoms with Crippen LogP contribution in [0, 0.1) is 18.6 Å². The maximum atomic E-state index is 14.4. The molecule has 1 atom stereocenters. The van der Waals surface area contributed by atoms with Crippen molar-refractivity contribution >= 4 is 44.1 Å². The molecule has 4 aromatic rings. The number of aromatic nitrogens is 1. The highest BCUT2D eigenvalue weighted by atomic mass is 32.1. The highest BCUT2D eigenvalue weighted by Gasteiger charge is 2.48. The van der Waals surface area contributed by atoms with E-state index in [0.29, 0.717) is 29.5 Å². The lowest BCUT2D eigenvalue weighted by Crippen LogP contribution is -2.29. The van der Waals surface area contributed by atoms with Crippen LogP contribution in [0.1, 0.15) is 36.1 Å².